The van der Waals surface area contributed by atoms with E-state index < -0.39 is 0 Å². The third-order valence-electron chi connectivity index (χ3n) is 6.55. The number of para-hydroxylation sites is 2. The maximum atomic E-state index is 13.4. The molecule has 1 fully saturated rings. The fourth-order valence-electron chi connectivity index (χ4n) is 5.04. The van der Waals surface area contributed by atoms with E-state index in [1.54, 1.807) is 0 Å². The quantitative estimate of drug-likeness (QED) is 0.693. The molecule has 1 aromatic heterocycles. The molecule has 2 N–H and O–H groups in total. The number of aromatic nitrogens is 1. The Labute approximate surface area is 171 Å². The Hall–Kier alpha value is -2.95. The van der Waals surface area contributed by atoms with E-state index in [2.05, 4.69) is 71.5 Å². The van der Waals surface area contributed by atoms with Crippen molar-refractivity contribution in [2.45, 2.75) is 39.2 Å². The smallest absolute Gasteiger partial charge is 0.270 e. The number of amides is 1. The van der Waals surface area contributed by atoms with Gasteiger partial charge in [-0.25, -0.2) is 0 Å². The molecule has 0 aliphatic carbocycles. The lowest BCUT2D eigenvalue weighted by Gasteiger charge is -2.37. The first-order chi connectivity index (χ1) is 14.2. The van der Waals surface area contributed by atoms with Crippen LogP contribution in [0, 0.1) is 6.92 Å². The predicted octanol–water partition coefficient (Wildman–Crippen LogP) is 4.53. The van der Waals surface area contributed by atoms with E-state index in [0.717, 1.165) is 55.8 Å². The van der Waals surface area contributed by atoms with Gasteiger partial charge in [0.25, 0.3) is 5.91 Å². The van der Waals surface area contributed by atoms with Crippen molar-refractivity contribution >= 4 is 28.2 Å². The van der Waals surface area contributed by atoms with Crippen LogP contribution in [-0.4, -0.2) is 41.6 Å². The van der Waals surface area contributed by atoms with Crippen molar-refractivity contribution in [1.82, 2.24) is 9.88 Å². The molecule has 3 heterocycles. The summed E-state index contributed by atoms with van der Waals surface area (Å²) in [7, 11) is 0. The second kappa shape index (κ2) is 7.14. The number of nitrogens with one attached hydrogen (secondary N) is 2. The maximum Gasteiger partial charge on any atom is 0.270 e. The van der Waals surface area contributed by atoms with Crippen LogP contribution in [0.1, 0.15) is 41.4 Å². The Morgan fingerprint density at radius 3 is 2.69 bits per heavy atom. The standard InChI is InChI=1S/C24H28N4O/c1-3-18-22-16(2)7-6-9-20(22)26-23(18)24(29)27-13-11-17(12-14-27)28-15-25-19-8-4-5-10-21(19)28/h4-10,17,25-26H,3,11-15H2,1-2H3. The van der Waals surface area contributed by atoms with E-state index in [4.69, 9.17) is 0 Å². The number of H-pyrrole nitrogens is 1. The van der Waals surface area contributed by atoms with Gasteiger partial charge in [0.2, 0.25) is 0 Å². The average molecular weight is 389 g/mol. The van der Waals surface area contributed by atoms with E-state index in [-0.39, 0.29) is 5.91 Å². The fourth-order valence-corrected chi connectivity index (χ4v) is 5.04. The van der Waals surface area contributed by atoms with Crippen molar-refractivity contribution in [3.63, 3.8) is 0 Å². The second-order valence-electron chi connectivity index (χ2n) is 8.17. The molecule has 5 rings (SSSR count). The van der Waals surface area contributed by atoms with Gasteiger partial charge in [-0.3, -0.25) is 4.79 Å². The van der Waals surface area contributed by atoms with Gasteiger partial charge < -0.3 is 20.1 Å². The van der Waals surface area contributed by atoms with Crippen molar-refractivity contribution in [3.8, 4) is 0 Å². The van der Waals surface area contributed by atoms with Crippen molar-refractivity contribution in [3.05, 3.63) is 59.3 Å². The molecule has 2 aromatic carbocycles. The lowest BCUT2D eigenvalue weighted by Crippen LogP contribution is -2.47. The SMILES string of the molecule is CCc1c(C(=O)N2CCC(N3CNc4ccccc43)CC2)[nH]c2cccc(C)c12. The van der Waals surface area contributed by atoms with Gasteiger partial charge in [-0.2, -0.15) is 0 Å². The zero-order chi connectivity index (χ0) is 20.0. The first-order valence-corrected chi connectivity index (χ1v) is 10.7. The number of hydrogen-bond donors (Lipinski definition) is 2. The number of nitrogens with zero attached hydrogens (tertiary/aromatic N) is 2. The highest BCUT2D eigenvalue weighted by Gasteiger charge is 2.31. The molecule has 2 aliphatic rings. The van der Waals surface area contributed by atoms with Crippen LogP contribution in [0.25, 0.3) is 10.9 Å². The third-order valence-corrected chi connectivity index (χ3v) is 6.55. The molecule has 1 saturated heterocycles. The largest absolute Gasteiger partial charge is 0.366 e. The number of aryl methyl sites for hydroxylation is 2. The van der Waals surface area contributed by atoms with Gasteiger partial charge in [-0.05, 0) is 55.5 Å². The highest BCUT2D eigenvalue weighted by Crippen LogP contribution is 2.35. The Bertz CT molecular complexity index is 1060. The van der Waals surface area contributed by atoms with Crippen LogP contribution in [0.5, 0.6) is 0 Å². The molecule has 29 heavy (non-hydrogen) atoms. The fraction of sp³-hybridized carbons (Fsp3) is 0.375. The summed E-state index contributed by atoms with van der Waals surface area (Å²) in [5, 5.41) is 4.70. The van der Waals surface area contributed by atoms with Gasteiger partial charge in [0, 0.05) is 30.0 Å². The summed E-state index contributed by atoms with van der Waals surface area (Å²) in [5.74, 6) is 0.149. The van der Waals surface area contributed by atoms with Crippen molar-refractivity contribution in [1.29, 1.82) is 0 Å². The number of anilines is 2. The maximum absolute atomic E-state index is 13.4. The Morgan fingerprint density at radius 2 is 1.90 bits per heavy atom. The lowest BCUT2D eigenvalue weighted by atomic mass is 10.0. The number of rotatable bonds is 3. The van der Waals surface area contributed by atoms with E-state index in [1.165, 1.54) is 22.3 Å². The minimum atomic E-state index is 0.149. The molecule has 0 saturated carbocycles. The second-order valence-corrected chi connectivity index (χ2v) is 8.17. The molecule has 0 atom stereocenters. The lowest BCUT2D eigenvalue weighted by molar-refractivity contribution is 0.0707. The Balaban J connectivity index is 1.34. The molecule has 0 radical (unpaired) electrons. The molecule has 0 bridgehead atoms. The molecule has 0 unspecified atom stereocenters. The number of likely N-dealkylation sites (tertiary alicyclic amines) is 1. The first kappa shape index (κ1) is 18.1. The monoisotopic (exact) mass is 388 g/mol. The van der Waals surface area contributed by atoms with Crippen molar-refractivity contribution in [2.24, 2.45) is 0 Å². The van der Waals surface area contributed by atoms with Crippen LogP contribution in [0.2, 0.25) is 0 Å². The average Bonchev–Trinajstić information content (AvgIpc) is 3.35. The van der Waals surface area contributed by atoms with E-state index in [1.807, 2.05) is 4.90 Å². The summed E-state index contributed by atoms with van der Waals surface area (Å²) in [6.07, 6.45) is 2.86. The highest BCUT2D eigenvalue weighted by molar-refractivity contribution is 6.02. The minimum absolute atomic E-state index is 0.149. The Kier molecular flexibility index (Phi) is 4.46. The van der Waals surface area contributed by atoms with E-state index in [0.29, 0.717) is 6.04 Å². The van der Waals surface area contributed by atoms with Crippen LogP contribution in [0.3, 0.4) is 0 Å². The number of benzene rings is 2. The van der Waals surface area contributed by atoms with E-state index >= 15 is 0 Å². The summed E-state index contributed by atoms with van der Waals surface area (Å²) in [6.45, 7) is 6.73. The number of carbonyl (C=O) groups is 1. The summed E-state index contributed by atoms with van der Waals surface area (Å²) in [5.41, 5.74) is 6.74. The van der Waals surface area contributed by atoms with Gasteiger partial charge in [0.15, 0.2) is 0 Å². The molecule has 5 heteroatoms. The van der Waals surface area contributed by atoms with Crippen LogP contribution < -0.4 is 10.2 Å². The third kappa shape index (κ3) is 2.96. The van der Waals surface area contributed by atoms with E-state index in [9.17, 15) is 4.79 Å². The van der Waals surface area contributed by atoms with Crippen molar-refractivity contribution in [2.75, 3.05) is 30.0 Å². The highest BCUT2D eigenvalue weighted by atomic mass is 16.2. The number of aromatic amines is 1. The molecule has 3 aromatic rings. The van der Waals surface area contributed by atoms with Gasteiger partial charge in [0.05, 0.1) is 18.0 Å². The molecular weight excluding hydrogens is 360 g/mol. The van der Waals surface area contributed by atoms with Gasteiger partial charge in [-0.15, -0.1) is 0 Å². The summed E-state index contributed by atoms with van der Waals surface area (Å²) >= 11 is 0. The first-order valence-electron chi connectivity index (χ1n) is 10.7. The van der Waals surface area contributed by atoms with Crippen LogP contribution >= 0.6 is 0 Å². The molecule has 1 amide bonds. The van der Waals surface area contributed by atoms with Crippen molar-refractivity contribution < 1.29 is 4.79 Å². The zero-order valence-corrected chi connectivity index (χ0v) is 17.2. The minimum Gasteiger partial charge on any atom is -0.366 e. The normalized spacial score (nSPS) is 16.9. The van der Waals surface area contributed by atoms with Crippen LogP contribution in [-0.2, 0) is 6.42 Å². The van der Waals surface area contributed by atoms with Gasteiger partial charge in [0.1, 0.15) is 5.69 Å². The number of fused-ring (bicyclic) bond motifs is 2. The molecule has 0 spiro atoms. The molecular formula is C24H28N4O. The van der Waals surface area contributed by atoms with Crippen LogP contribution in [0.15, 0.2) is 42.5 Å². The molecule has 150 valence electrons. The summed E-state index contributed by atoms with van der Waals surface area (Å²) in [4.78, 5) is 21.3. The van der Waals surface area contributed by atoms with Crippen LogP contribution in [0.4, 0.5) is 11.4 Å². The predicted molar refractivity (Wildman–Crippen MR) is 119 cm³/mol. The zero-order valence-electron chi connectivity index (χ0n) is 17.2. The van der Waals surface area contributed by atoms with Gasteiger partial charge >= 0.3 is 0 Å². The number of piperidine rings is 1. The van der Waals surface area contributed by atoms with Gasteiger partial charge in [-0.1, -0.05) is 31.2 Å². The number of carbonyl (C=O) groups excluding carboxylic acids is 1. The summed E-state index contributed by atoms with van der Waals surface area (Å²) in [6, 6.07) is 15.2. The topological polar surface area (TPSA) is 51.4 Å². The number of hydrogen-bond acceptors (Lipinski definition) is 3. The molecule has 5 nitrogen and oxygen atoms in total. The molecule has 2 aliphatic heterocycles. The Morgan fingerprint density at radius 1 is 1.10 bits per heavy atom. The summed E-state index contributed by atoms with van der Waals surface area (Å²) < 4.78 is 0.